The van der Waals surface area contributed by atoms with E-state index in [2.05, 4.69) is 6.58 Å². The van der Waals surface area contributed by atoms with E-state index in [-0.39, 0.29) is 5.97 Å². The molecule has 14 heavy (non-hydrogen) atoms. The van der Waals surface area contributed by atoms with Crippen LogP contribution in [0.2, 0.25) is 0 Å². The summed E-state index contributed by atoms with van der Waals surface area (Å²) < 4.78 is 10.7. The van der Waals surface area contributed by atoms with Crippen LogP contribution >= 0.6 is 0 Å². The van der Waals surface area contributed by atoms with Gasteiger partial charge in [0.15, 0.2) is 0 Å². The maximum atomic E-state index is 11.4. The second-order valence-corrected chi connectivity index (χ2v) is 4.80. The molecule has 0 heterocycles. The van der Waals surface area contributed by atoms with Crippen LogP contribution in [0.4, 0.5) is 0 Å². The van der Waals surface area contributed by atoms with Crippen LogP contribution in [-0.4, -0.2) is 27.7 Å². The summed E-state index contributed by atoms with van der Waals surface area (Å²) in [5.41, 5.74) is -0.711. The molecule has 0 rings (SSSR count). The fourth-order valence-electron chi connectivity index (χ4n) is 0.688. The molecule has 82 valence electrons. The molecule has 0 saturated heterocycles. The molecule has 0 aliphatic heterocycles. The van der Waals surface area contributed by atoms with E-state index in [0.717, 1.165) is 0 Å². The fraction of sp³-hybridized carbons (Fsp3) is 0.700. The Bertz CT molecular complexity index is 244. The van der Waals surface area contributed by atoms with Crippen molar-refractivity contribution >= 4 is 16.5 Å². The normalized spacial score (nSPS) is 12.6. The lowest BCUT2D eigenvalue weighted by Gasteiger charge is -2.40. The predicted molar refractivity (Wildman–Crippen MR) is 60.1 cm³/mol. The Morgan fingerprint density at radius 2 is 1.64 bits per heavy atom. The zero-order valence-electron chi connectivity index (χ0n) is 9.93. The average molecular weight is 216 g/mol. The third-order valence-corrected chi connectivity index (χ3v) is 3.68. The Morgan fingerprint density at radius 1 is 1.21 bits per heavy atom. The van der Waals surface area contributed by atoms with E-state index < -0.39 is 11.2 Å². The second kappa shape index (κ2) is 4.27. The van der Waals surface area contributed by atoms with Crippen LogP contribution in [0.1, 0.15) is 34.6 Å². The molecule has 0 aromatic carbocycles. The van der Waals surface area contributed by atoms with E-state index >= 15 is 0 Å². The van der Waals surface area contributed by atoms with E-state index in [0.29, 0.717) is 16.1 Å². The van der Waals surface area contributed by atoms with Crippen LogP contribution < -0.4 is 0 Å². The van der Waals surface area contributed by atoms with Gasteiger partial charge in [-0.2, -0.15) is 0 Å². The lowest BCUT2D eigenvalue weighted by atomic mass is 9.89. The van der Waals surface area contributed by atoms with Gasteiger partial charge < -0.3 is 9.16 Å². The van der Waals surface area contributed by atoms with Crippen molar-refractivity contribution in [3.63, 3.8) is 0 Å². The first-order chi connectivity index (χ1) is 6.14. The maximum absolute atomic E-state index is 11.4. The van der Waals surface area contributed by atoms with E-state index in [1.807, 2.05) is 27.7 Å². The minimum Gasteiger partial charge on any atom is -0.453 e. The van der Waals surface area contributed by atoms with E-state index in [9.17, 15) is 4.79 Å². The molecule has 4 heteroatoms. The van der Waals surface area contributed by atoms with Gasteiger partial charge in [0.2, 0.25) is 0 Å². The summed E-state index contributed by atoms with van der Waals surface area (Å²) in [6.45, 7) is 12.7. The van der Waals surface area contributed by atoms with Crippen LogP contribution in [0, 0.1) is 0 Å². The molecule has 0 N–H and O–H groups in total. The summed E-state index contributed by atoms with van der Waals surface area (Å²) in [7, 11) is 0.611. The minimum absolute atomic E-state index is 0.373. The molecule has 3 nitrogen and oxygen atoms in total. The lowest BCUT2D eigenvalue weighted by Crippen LogP contribution is -2.50. The van der Waals surface area contributed by atoms with Gasteiger partial charge in [-0.3, -0.25) is 0 Å². The van der Waals surface area contributed by atoms with Gasteiger partial charge in [0.05, 0.1) is 5.60 Å². The van der Waals surface area contributed by atoms with Crippen molar-refractivity contribution in [1.82, 2.24) is 0 Å². The Hall–Kier alpha value is -0.613. The summed E-state index contributed by atoms with van der Waals surface area (Å²) in [5.74, 6) is -0.373. The van der Waals surface area contributed by atoms with Crippen LogP contribution in [0.5, 0.6) is 0 Å². The van der Waals surface area contributed by atoms with Crippen molar-refractivity contribution in [1.29, 1.82) is 0 Å². The highest BCUT2D eigenvalue weighted by atomic mass is 28.2. The van der Waals surface area contributed by atoms with Gasteiger partial charge in [-0.05, 0) is 34.6 Å². The standard InChI is InChI=1S/C10H20O3Si/c1-7(2)8(11)12-9(3,4)10(5,6)13-14/h1H2,2-6,14H3. The summed E-state index contributed by atoms with van der Waals surface area (Å²) >= 11 is 0. The molecule has 0 amide bonds. The molecule has 0 aliphatic carbocycles. The van der Waals surface area contributed by atoms with Gasteiger partial charge in [0.25, 0.3) is 0 Å². The van der Waals surface area contributed by atoms with Crippen molar-refractivity contribution in [3.05, 3.63) is 12.2 Å². The third-order valence-electron chi connectivity index (χ3n) is 2.66. The number of esters is 1. The van der Waals surface area contributed by atoms with Crippen molar-refractivity contribution in [2.75, 3.05) is 0 Å². The van der Waals surface area contributed by atoms with E-state index in [4.69, 9.17) is 9.16 Å². The minimum atomic E-state index is -0.648. The smallest absolute Gasteiger partial charge is 0.333 e. The molecule has 0 fully saturated rings. The van der Waals surface area contributed by atoms with Gasteiger partial charge in [-0.25, -0.2) is 4.79 Å². The van der Waals surface area contributed by atoms with Crippen LogP contribution in [0.3, 0.4) is 0 Å². The van der Waals surface area contributed by atoms with Crippen LogP contribution in [0.25, 0.3) is 0 Å². The van der Waals surface area contributed by atoms with Gasteiger partial charge in [0, 0.05) is 5.57 Å². The van der Waals surface area contributed by atoms with Crippen molar-refractivity contribution in [2.24, 2.45) is 0 Å². The quantitative estimate of drug-likeness (QED) is 0.399. The van der Waals surface area contributed by atoms with Gasteiger partial charge >= 0.3 is 5.97 Å². The molecule has 0 aromatic heterocycles. The zero-order valence-corrected chi connectivity index (χ0v) is 11.9. The van der Waals surface area contributed by atoms with Crippen LogP contribution in [0.15, 0.2) is 12.2 Å². The maximum Gasteiger partial charge on any atom is 0.333 e. The molecule has 0 atom stereocenters. The Kier molecular flexibility index (Phi) is 4.09. The zero-order chi connectivity index (χ0) is 11.6. The molecule has 0 spiro atoms. The first kappa shape index (κ1) is 13.4. The molecule has 0 aliphatic rings. The average Bonchev–Trinajstić information content (AvgIpc) is 2.03. The lowest BCUT2D eigenvalue weighted by molar-refractivity contribution is -0.171. The number of carbonyl (C=O) groups excluding carboxylic acids is 1. The molecular weight excluding hydrogens is 196 g/mol. The topological polar surface area (TPSA) is 35.5 Å². The number of ether oxygens (including phenoxy) is 1. The highest BCUT2D eigenvalue weighted by Gasteiger charge is 2.40. The number of rotatable bonds is 4. The Labute approximate surface area is 89.0 Å². The van der Waals surface area contributed by atoms with E-state index in [1.54, 1.807) is 6.92 Å². The first-order valence-electron chi connectivity index (χ1n) is 4.58. The predicted octanol–water partition coefficient (Wildman–Crippen LogP) is 0.960. The summed E-state index contributed by atoms with van der Waals surface area (Å²) in [6.07, 6.45) is 0. The summed E-state index contributed by atoms with van der Waals surface area (Å²) in [4.78, 5) is 11.4. The highest BCUT2D eigenvalue weighted by molar-refractivity contribution is 5.98. The number of hydrogen-bond donors (Lipinski definition) is 0. The summed E-state index contributed by atoms with van der Waals surface area (Å²) in [5, 5.41) is 0. The number of hydrogen-bond acceptors (Lipinski definition) is 3. The number of carbonyl (C=O) groups is 1. The Morgan fingerprint density at radius 3 is 1.93 bits per heavy atom. The SMILES string of the molecule is C=C(C)C(=O)OC(C)(C)C(C)(C)O[SiH3]. The monoisotopic (exact) mass is 216 g/mol. The Balaban J connectivity index is 4.65. The highest BCUT2D eigenvalue weighted by Crippen LogP contribution is 2.28. The van der Waals surface area contributed by atoms with Crippen molar-refractivity contribution < 1.29 is 14.0 Å². The molecular formula is C10H20O3Si. The van der Waals surface area contributed by atoms with Crippen molar-refractivity contribution in [3.8, 4) is 0 Å². The molecule has 0 bridgehead atoms. The summed E-state index contributed by atoms with van der Waals surface area (Å²) in [6, 6.07) is 0. The largest absolute Gasteiger partial charge is 0.453 e. The van der Waals surface area contributed by atoms with Gasteiger partial charge in [-0.15, -0.1) is 0 Å². The molecule has 0 saturated carbocycles. The second-order valence-electron chi connectivity index (χ2n) is 4.39. The molecule has 0 radical (unpaired) electrons. The van der Waals surface area contributed by atoms with Crippen LogP contribution in [-0.2, 0) is 14.0 Å². The van der Waals surface area contributed by atoms with Gasteiger partial charge in [-0.1, -0.05) is 6.58 Å². The van der Waals surface area contributed by atoms with E-state index in [1.165, 1.54) is 0 Å². The first-order valence-corrected chi connectivity index (χ1v) is 5.39. The third kappa shape index (κ3) is 2.96. The van der Waals surface area contributed by atoms with Gasteiger partial charge in [0.1, 0.15) is 16.1 Å². The fourth-order valence-corrected chi connectivity index (χ4v) is 1.18. The molecule has 0 unspecified atom stereocenters. The molecule has 0 aromatic rings. The van der Waals surface area contributed by atoms with Crippen molar-refractivity contribution in [2.45, 2.75) is 45.8 Å².